The lowest BCUT2D eigenvalue weighted by atomic mass is 9.89. The maximum atomic E-state index is 12.1. The minimum atomic E-state index is -0.0635. The number of ether oxygens (including phenoxy) is 1. The molecule has 1 fully saturated rings. The number of hydrogen-bond acceptors (Lipinski definition) is 3. The number of amides is 1. The molecule has 104 valence electrons. The molecule has 1 amide bonds. The average Bonchev–Trinajstić information content (AvgIpc) is 2.84. The molecule has 0 bridgehead atoms. The standard InChI is InChI=1S/C15H22N2O2/c1-15(7-3-4-8-15)10-17-14(18)11-5-6-12(16)13(9-11)19-2/h5-6,9H,3-4,7-8,10,16H2,1-2H3,(H,17,18). The number of benzene rings is 1. The first-order chi connectivity index (χ1) is 9.04. The Morgan fingerprint density at radius 3 is 2.74 bits per heavy atom. The van der Waals surface area contributed by atoms with Crippen LogP contribution in [0, 0.1) is 5.41 Å². The van der Waals surface area contributed by atoms with Gasteiger partial charge in [-0.25, -0.2) is 0 Å². The molecule has 4 heteroatoms. The van der Waals surface area contributed by atoms with Crippen molar-refractivity contribution in [1.82, 2.24) is 5.32 Å². The van der Waals surface area contributed by atoms with Gasteiger partial charge in [-0.15, -0.1) is 0 Å². The van der Waals surface area contributed by atoms with Gasteiger partial charge in [-0.1, -0.05) is 19.8 Å². The van der Waals surface area contributed by atoms with Crippen LogP contribution in [0.25, 0.3) is 0 Å². The first kappa shape index (κ1) is 13.7. The van der Waals surface area contributed by atoms with Crippen molar-refractivity contribution in [3.05, 3.63) is 23.8 Å². The van der Waals surface area contributed by atoms with Crippen LogP contribution in [0.15, 0.2) is 18.2 Å². The van der Waals surface area contributed by atoms with Gasteiger partial charge < -0.3 is 15.8 Å². The summed E-state index contributed by atoms with van der Waals surface area (Å²) in [6.45, 7) is 2.97. The Labute approximate surface area is 114 Å². The van der Waals surface area contributed by atoms with Crippen molar-refractivity contribution in [3.63, 3.8) is 0 Å². The lowest BCUT2D eigenvalue weighted by Crippen LogP contribution is -2.34. The van der Waals surface area contributed by atoms with Gasteiger partial charge in [0.1, 0.15) is 5.75 Å². The molecule has 0 heterocycles. The van der Waals surface area contributed by atoms with E-state index in [1.807, 2.05) is 0 Å². The quantitative estimate of drug-likeness (QED) is 0.820. The van der Waals surface area contributed by atoms with E-state index in [9.17, 15) is 4.79 Å². The van der Waals surface area contributed by atoms with E-state index < -0.39 is 0 Å². The number of nitrogen functional groups attached to an aromatic ring is 1. The van der Waals surface area contributed by atoms with Gasteiger partial charge >= 0.3 is 0 Å². The van der Waals surface area contributed by atoms with Gasteiger partial charge in [0, 0.05) is 12.1 Å². The van der Waals surface area contributed by atoms with Crippen LogP contribution >= 0.6 is 0 Å². The van der Waals surface area contributed by atoms with E-state index in [0.717, 1.165) is 6.54 Å². The molecular weight excluding hydrogens is 240 g/mol. The summed E-state index contributed by atoms with van der Waals surface area (Å²) < 4.78 is 5.13. The zero-order chi connectivity index (χ0) is 13.9. The largest absolute Gasteiger partial charge is 0.495 e. The smallest absolute Gasteiger partial charge is 0.251 e. The molecule has 1 aromatic rings. The highest BCUT2D eigenvalue weighted by Gasteiger charge is 2.28. The van der Waals surface area contributed by atoms with Crippen LogP contribution in [0.2, 0.25) is 0 Å². The van der Waals surface area contributed by atoms with Crippen molar-refractivity contribution >= 4 is 11.6 Å². The Kier molecular flexibility index (Phi) is 3.98. The molecule has 0 unspecified atom stereocenters. The van der Waals surface area contributed by atoms with Gasteiger partial charge in [-0.3, -0.25) is 4.79 Å². The second kappa shape index (κ2) is 5.51. The Balaban J connectivity index is 1.99. The number of nitrogens with two attached hydrogens (primary N) is 1. The molecule has 1 aliphatic rings. The van der Waals surface area contributed by atoms with Gasteiger partial charge in [0.05, 0.1) is 12.8 Å². The molecule has 0 spiro atoms. The molecule has 0 aliphatic heterocycles. The fourth-order valence-corrected chi connectivity index (χ4v) is 2.65. The van der Waals surface area contributed by atoms with E-state index in [-0.39, 0.29) is 11.3 Å². The lowest BCUT2D eigenvalue weighted by Gasteiger charge is -2.23. The van der Waals surface area contributed by atoms with Crippen LogP contribution in [0.4, 0.5) is 5.69 Å². The van der Waals surface area contributed by atoms with Crippen molar-refractivity contribution in [2.24, 2.45) is 5.41 Å². The van der Waals surface area contributed by atoms with Gasteiger partial charge in [0.2, 0.25) is 0 Å². The SMILES string of the molecule is COc1cc(C(=O)NCC2(C)CCCC2)ccc1N. The predicted octanol–water partition coefficient (Wildman–Crippen LogP) is 2.59. The summed E-state index contributed by atoms with van der Waals surface area (Å²) in [5.41, 5.74) is 7.13. The third-order valence-corrected chi connectivity index (χ3v) is 3.98. The van der Waals surface area contributed by atoms with Crippen molar-refractivity contribution in [1.29, 1.82) is 0 Å². The fraction of sp³-hybridized carbons (Fsp3) is 0.533. The molecule has 0 radical (unpaired) electrons. The Morgan fingerprint density at radius 1 is 1.42 bits per heavy atom. The van der Waals surface area contributed by atoms with Crippen LogP contribution in [0.3, 0.4) is 0 Å². The summed E-state index contributed by atoms with van der Waals surface area (Å²) in [7, 11) is 1.55. The highest BCUT2D eigenvalue weighted by atomic mass is 16.5. The second-order valence-electron chi connectivity index (χ2n) is 5.66. The maximum Gasteiger partial charge on any atom is 0.251 e. The number of methoxy groups -OCH3 is 1. The monoisotopic (exact) mass is 262 g/mol. The Morgan fingerprint density at radius 2 is 2.11 bits per heavy atom. The predicted molar refractivity (Wildman–Crippen MR) is 76.3 cm³/mol. The van der Waals surface area contributed by atoms with E-state index in [4.69, 9.17) is 10.5 Å². The summed E-state index contributed by atoms with van der Waals surface area (Å²) >= 11 is 0. The molecular formula is C15H22N2O2. The highest BCUT2D eigenvalue weighted by Crippen LogP contribution is 2.36. The number of anilines is 1. The van der Waals surface area contributed by atoms with E-state index in [1.165, 1.54) is 25.7 Å². The highest BCUT2D eigenvalue weighted by molar-refractivity contribution is 5.95. The molecule has 0 aromatic heterocycles. The summed E-state index contributed by atoms with van der Waals surface area (Å²) in [5, 5.41) is 3.02. The fourth-order valence-electron chi connectivity index (χ4n) is 2.65. The van der Waals surface area contributed by atoms with Crippen LogP contribution in [-0.4, -0.2) is 19.6 Å². The average molecular weight is 262 g/mol. The van der Waals surface area contributed by atoms with Crippen molar-refractivity contribution in [2.75, 3.05) is 19.4 Å². The van der Waals surface area contributed by atoms with Crippen molar-refractivity contribution in [2.45, 2.75) is 32.6 Å². The van der Waals surface area contributed by atoms with Gasteiger partial charge in [-0.05, 0) is 36.5 Å². The van der Waals surface area contributed by atoms with E-state index in [0.29, 0.717) is 17.0 Å². The first-order valence-electron chi connectivity index (χ1n) is 6.76. The zero-order valence-electron chi connectivity index (χ0n) is 11.7. The third kappa shape index (κ3) is 3.19. The summed E-state index contributed by atoms with van der Waals surface area (Å²) in [5.74, 6) is 0.478. The molecule has 1 aromatic carbocycles. The maximum absolute atomic E-state index is 12.1. The summed E-state index contributed by atoms with van der Waals surface area (Å²) in [6, 6.07) is 5.11. The van der Waals surface area contributed by atoms with E-state index in [1.54, 1.807) is 25.3 Å². The number of nitrogens with one attached hydrogen (secondary N) is 1. The number of carbonyl (C=O) groups excluding carboxylic acids is 1. The minimum absolute atomic E-state index is 0.0635. The molecule has 0 saturated heterocycles. The number of hydrogen-bond donors (Lipinski definition) is 2. The Hall–Kier alpha value is -1.71. The van der Waals surface area contributed by atoms with Crippen LogP contribution in [0.1, 0.15) is 43.0 Å². The molecule has 4 nitrogen and oxygen atoms in total. The normalized spacial score (nSPS) is 17.2. The van der Waals surface area contributed by atoms with Crippen molar-refractivity contribution in [3.8, 4) is 5.75 Å². The lowest BCUT2D eigenvalue weighted by molar-refractivity contribution is 0.0934. The zero-order valence-corrected chi connectivity index (χ0v) is 11.7. The Bertz CT molecular complexity index is 465. The number of carbonyl (C=O) groups is 1. The van der Waals surface area contributed by atoms with Crippen LogP contribution in [0.5, 0.6) is 5.75 Å². The van der Waals surface area contributed by atoms with Crippen molar-refractivity contribution < 1.29 is 9.53 Å². The second-order valence-corrected chi connectivity index (χ2v) is 5.66. The van der Waals surface area contributed by atoms with Crippen LogP contribution in [-0.2, 0) is 0 Å². The summed E-state index contributed by atoms with van der Waals surface area (Å²) in [6.07, 6.45) is 4.92. The van der Waals surface area contributed by atoms with Gasteiger partial charge in [0.15, 0.2) is 0 Å². The molecule has 2 rings (SSSR count). The summed E-state index contributed by atoms with van der Waals surface area (Å²) in [4.78, 5) is 12.1. The van der Waals surface area contributed by atoms with E-state index >= 15 is 0 Å². The first-order valence-corrected chi connectivity index (χ1v) is 6.76. The topological polar surface area (TPSA) is 64.3 Å². The van der Waals surface area contributed by atoms with Gasteiger partial charge in [0.25, 0.3) is 5.91 Å². The minimum Gasteiger partial charge on any atom is -0.495 e. The number of rotatable bonds is 4. The molecule has 0 atom stereocenters. The molecule has 3 N–H and O–H groups in total. The molecule has 1 saturated carbocycles. The van der Waals surface area contributed by atoms with Gasteiger partial charge in [-0.2, -0.15) is 0 Å². The van der Waals surface area contributed by atoms with Crippen LogP contribution < -0.4 is 15.8 Å². The molecule has 1 aliphatic carbocycles. The van der Waals surface area contributed by atoms with E-state index in [2.05, 4.69) is 12.2 Å². The third-order valence-electron chi connectivity index (χ3n) is 3.98. The molecule has 19 heavy (non-hydrogen) atoms.